The lowest BCUT2D eigenvalue weighted by Gasteiger charge is -2.15. The first-order chi connectivity index (χ1) is 18.0. The molecule has 1 aromatic heterocycles. The molecule has 1 aliphatic rings. The first-order valence-corrected chi connectivity index (χ1v) is 14.3. The second-order valence-electron chi connectivity index (χ2n) is 9.26. The molecule has 1 heterocycles. The monoisotopic (exact) mass is 553 g/mol. The summed E-state index contributed by atoms with van der Waals surface area (Å²) in [5.74, 6) is 0.556. The predicted molar refractivity (Wildman–Crippen MR) is 153 cm³/mol. The van der Waals surface area contributed by atoms with Crippen LogP contribution in [0.15, 0.2) is 94.7 Å². The van der Waals surface area contributed by atoms with Crippen molar-refractivity contribution in [3.63, 3.8) is 0 Å². The van der Waals surface area contributed by atoms with Gasteiger partial charge in [0.05, 0.1) is 4.90 Å². The molecule has 0 bridgehead atoms. The minimum Gasteiger partial charge on any atom is -0.366 e. The summed E-state index contributed by atoms with van der Waals surface area (Å²) >= 11 is 5.81. The van der Waals surface area contributed by atoms with E-state index in [9.17, 15) is 18.0 Å². The van der Waals surface area contributed by atoms with E-state index in [1.54, 1.807) is 66.9 Å². The number of nitrogens with zero attached hydrogens (tertiary/aromatic N) is 1. The van der Waals surface area contributed by atoms with Gasteiger partial charge in [-0.1, -0.05) is 68.8 Å². The molecule has 0 radical (unpaired) electrons. The Kier molecular flexibility index (Phi) is 10.2. The Morgan fingerprint density at radius 2 is 1.53 bits per heavy atom. The number of primary amides is 1. The SMILES string of the molecule is CC1CCCCC1.NC(=O)c1ccc(-n2ccccc2=O)cc1.NS(=O)(=O)c1ccc2cc(Cl)ccc2c1. The van der Waals surface area contributed by atoms with Gasteiger partial charge in [0.2, 0.25) is 15.9 Å². The molecule has 0 atom stereocenters. The van der Waals surface area contributed by atoms with Crippen molar-refractivity contribution in [1.82, 2.24) is 4.57 Å². The highest BCUT2D eigenvalue weighted by Crippen LogP contribution is 2.22. The van der Waals surface area contributed by atoms with E-state index in [2.05, 4.69) is 6.92 Å². The Bertz CT molecular complexity index is 1540. The van der Waals surface area contributed by atoms with Gasteiger partial charge in [-0.2, -0.15) is 0 Å². The fourth-order valence-corrected chi connectivity index (χ4v) is 4.83. The molecule has 0 unspecified atom stereocenters. The number of carbonyl (C=O) groups is 1. The zero-order chi connectivity index (χ0) is 27.7. The largest absolute Gasteiger partial charge is 0.366 e. The minimum absolute atomic E-state index is 0.109. The molecule has 3 aromatic carbocycles. The third-order valence-electron chi connectivity index (χ3n) is 6.25. The lowest BCUT2D eigenvalue weighted by atomic mass is 9.91. The average Bonchev–Trinajstić information content (AvgIpc) is 2.89. The van der Waals surface area contributed by atoms with E-state index in [1.807, 2.05) is 0 Å². The van der Waals surface area contributed by atoms with Crippen molar-refractivity contribution >= 4 is 38.3 Å². The number of rotatable bonds is 3. The fourth-order valence-electron chi connectivity index (χ4n) is 4.11. The lowest BCUT2D eigenvalue weighted by Crippen LogP contribution is -2.16. The molecule has 1 fully saturated rings. The van der Waals surface area contributed by atoms with Crippen LogP contribution in [0.3, 0.4) is 0 Å². The Labute approximate surface area is 228 Å². The third-order valence-corrected chi connectivity index (χ3v) is 7.39. The van der Waals surface area contributed by atoms with Crippen molar-refractivity contribution in [1.29, 1.82) is 0 Å². The number of nitrogens with two attached hydrogens (primary N) is 2. The summed E-state index contributed by atoms with van der Waals surface area (Å²) in [6, 6.07) is 21.4. The third kappa shape index (κ3) is 8.55. The lowest BCUT2D eigenvalue weighted by molar-refractivity contribution is 0.100. The van der Waals surface area contributed by atoms with Gasteiger partial charge in [-0.15, -0.1) is 0 Å². The molecule has 38 heavy (non-hydrogen) atoms. The quantitative estimate of drug-likeness (QED) is 0.339. The number of carbonyl (C=O) groups excluding carboxylic acids is 1. The van der Waals surface area contributed by atoms with Gasteiger partial charge >= 0.3 is 0 Å². The molecule has 0 saturated heterocycles. The van der Waals surface area contributed by atoms with Gasteiger partial charge in [0.15, 0.2) is 0 Å². The second kappa shape index (κ2) is 13.4. The van der Waals surface area contributed by atoms with Gasteiger partial charge in [0.25, 0.3) is 5.56 Å². The van der Waals surface area contributed by atoms with Crippen LogP contribution in [0.25, 0.3) is 16.5 Å². The van der Waals surface area contributed by atoms with Crippen molar-refractivity contribution in [3.05, 3.63) is 106 Å². The van der Waals surface area contributed by atoms with Gasteiger partial charge in [-0.25, -0.2) is 13.6 Å². The van der Waals surface area contributed by atoms with E-state index >= 15 is 0 Å². The molecule has 0 spiro atoms. The molecule has 4 N–H and O–H groups in total. The number of benzene rings is 3. The maximum absolute atomic E-state index is 11.5. The molecular weight excluding hydrogens is 522 g/mol. The molecule has 4 aromatic rings. The van der Waals surface area contributed by atoms with Crippen molar-refractivity contribution in [3.8, 4) is 5.69 Å². The van der Waals surface area contributed by atoms with E-state index in [4.69, 9.17) is 22.5 Å². The van der Waals surface area contributed by atoms with Crippen molar-refractivity contribution < 1.29 is 13.2 Å². The highest BCUT2D eigenvalue weighted by molar-refractivity contribution is 7.89. The summed E-state index contributed by atoms with van der Waals surface area (Å²) in [5.41, 5.74) is 6.14. The first-order valence-electron chi connectivity index (χ1n) is 12.3. The van der Waals surface area contributed by atoms with E-state index in [-0.39, 0.29) is 10.5 Å². The summed E-state index contributed by atoms with van der Waals surface area (Å²) in [5, 5.41) is 7.32. The van der Waals surface area contributed by atoms with Gasteiger partial charge in [-0.05, 0) is 71.3 Å². The van der Waals surface area contributed by atoms with Crippen LogP contribution in [-0.2, 0) is 10.0 Å². The molecular formula is C29H32ClN3O4S. The van der Waals surface area contributed by atoms with Crippen LogP contribution >= 0.6 is 11.6 Å². The molecule has 1 saturated carbocycles. The molecule has 1 amide bonds. The topological polar surface area (TPSA) is 125 Å². The number of sulfonamides is 1. The van der Waals surface area contributed by atoms with E-state index in [1.165, 1.54) is 54.9 Å². The normalized spacial score (nSPS) is 13.6. The number of hydrogen-bond acceptors (Lipinski definition) is 4. The highest BCUT2D eigenvalue weighted by Gasteiger charge is 2.08. The van der Waals surface area contributed by atoms with Crippen LogP contribution < -0.4 is 16.4 Å². The Morgan fingerprint density at radius 1 is 0.895 bits per heavy atom. The zero-order valence-electron chi connectivity index (χ0n) is 21.2. The summed E-state index contributed by atoms with van der Waals surface area (Å²) in [4.78, 5) is 22.5. The number of fused-ring (bicyclic) bond motifs is 1. The van der Waals surface area contributed by atoms with Crippen LogP contribution in [0.1, 0.15) is 49.4 Å². The Balaban J connectivity index is 0.000000169. The van der Waals surface area contributed by atoms with Crippen LogP contribution in [0.5, 0.6) is 0 Å². The van der Waals surface area contributed by atoms with Crippen LogP contribution in [0, 0.1) is 5.92 Å². The number of pyridine rings is 1. The van der Waals surface area contributed by atoms with Crippen LogP contribution in [-0.4, -0.2) is 18.9 Å². The number of aromatic nitrogens is 1. The number of hydrogen-bond donors (Lipinski definition) is 2. The summed E-state index contributed by atoms with van der Waals surface area (Å²) in [7, 11) is -3.64. The number of halogens is 1. The van der Waals surface area contributed by atoms with Gasteiger partial charge < -0.3 is 5.73 Å². The zero-order valence-corrected chi connectivity index (χ0v) is 22.8. The molecule has 1 aliphatic carbocycles. The van der Waals surface area contributed by atoms with E-state index in [0.29, 0.717) is 16.3 Å². The van der Waals surface area contributed by atoms with Gasteiger partial charge in [0, 0.05) is 28.5 Å². The van der Waals surface area contributed by atoms with Gasteiger partial charge in [-0.3, -0.25) is 14.2 Å². The van der Waals surface area contributed by atoms with Crippen molar-refractivity contribution in [2.75, 3.05) is 0 Å². The summed E-state index contributed by atoms with van der Waals surface area (Å²) in [6.45, 7) is 2.36. The second-order valence-corrected chi connectivity index (χ2v) is 11.3. The molecule has 7 nitrogen and oxygen atoms in total. The Morgan fingerprint density at radius 3 is 2.08 bits per heavy atom. The number of primary sulfonamides is 1. The van der Waals surface area contributed by atoms with Crippen LogP contribution in [0.4, 0.5) is 0 Å². The van der Waals surface area contributed by atoms with Crippen molar-refractivity contribution in [2.45, 2.75) is 43.9 Å². The van der Waals surface area contributed by atoms with Gasteiger partial charge in [0.1, 0.15) is 0 Å². The maximum Gasteiger partial charge on any atom is 0.255 e. The fraction of sp³-hybridized carbons (Fsp3) is 0.241. The van der Waals surface area contributed by atoms with Crippen LogP contribution in [0.2, 0.25) is 5.02 Å². The Hall–Kier alpha value is -3.46. The molecule has 9 heteroatoms. The van der Waals surface area contributed by atoms with E-state index in [0.717, 1.165) is 16.7 Å². The standard InChI is InChI=1S/C12H10N2O2.C10H8ClNO2S.C7H14/c13-12(16)9-4-6-10(7-5-9)14-8-2-1-3-11(14)15;11-9-3-1-8-6-10(15(12,13)14)4-2-7(8)5-9;1-7-5-3-2-4-6-7/h1-8H,(H2,13,16);1-6H,(H2,12,13,14);7H,2-6H2,1H3. The first kappa shape index (κ1) is 29.1. The molecule has 200 valence electrons. The number of amides is 1. The summed E-state index contributed by atoms with van der Waals surface area (Å²) in [6.07, 6.45) is 9.11. The average molecular weight is 554 g/mol. The minimum atomic E-state index is -3.64. The van der Waals surface area contributed by atoms with E-state index < -0.39 is 15.9 Å². The molecule has 5 rings (SSSR count). The molecule has 0 aliphatic heterocycles. The smallest absolute Gasteiger partial charge is 0.255 e. The predicted octanol–water partition coefficient (Wildman–Crippen LogP) is 5.66. The van der Waals surface area contributed by atoms with Crippen molar-refractivity contribution in [2.24, 2.45) is 16.8 Å². The highest BCUT2D eigenvalue weighted by atomic mass is 35.5. The summed E-state index contributed by atoms with van der Waals surface area (Å²) < 4.78 is 23.7. The maximum atomic E-state index is 11.5.